The van der Waals surface area contributed by atoms with Gasteiger partial charge in [-0.25, -0.2) is 17.2 Å². The summed E-state index contributed by atoms with van der Waals surface area (Å²) in [4.78, 5) is 2.43. The van der Waals surface area contributed by atoms with Crippen molar-refractivity contribution in [3.05, 3.63) is 21.4 Å². The Kier molecular flexibility index (Phi) is 3.91. The van der Waals surface area contributed by atoms with Gasteiger partial charge in [-0.3, -0.25) is 4.98 Å². The molecule has 3 nitrogen and oxygen atoms in total. The number of hydrogen-bond donors (Lipinski definition) is 0. The molecule has 1 heterocycles. The van der Waals surface area contributed by atoms with Gasteiger partial charge in [-0.15, -0.1) is 0 Å². The number of pyridine rings is 1. The maximum Gasteiger partial charge on any atom is 0.281 e. The van der Waals surface area contributed by atoms with Crippen molar-refractivity contribution in [2.75, 3.05) is 0 Å². The molecule has 0 fully saturated rings. The topological polar surface area (TPSA) is 47.0 Å². The van der Waals surface area contributed by atoms with Gasteiger partial charge in [0, 0.05) is 16.9 Å². The predicted molar refractivity (Wildman–Crippen MR) is 54.9 cm³/mol. The highest BCUT2D eigenvalue weighted by molar-refractivity contribution is 9.10. The minimum atomic E-state index is -4.33. The summed E-state index contributed by atoms with van der Waals surface area (Å²) in [5.41, 5.74) is -0.929. The number of rotatable bonds is 2. The van der Waals surface area contributed by atoms with Gasteiger partial charge in [0.05, 0.1) is 9.50 Å². The highest BCUT2D eigenvalue weighted by Gasteiger charge is 2.27. The third kappa shape index (κ3) is 2.77. The summed E-state index contributed by atoms with van der Waals surface area (Å²) in [6.45, 7) is 0. The van der Waals surface area contributed by atoms with E-state index in [4.69, 9.17) is 22.3 Å². The van der Waals surface area contributed by atoms with Gasteiger partial charge in [0.1, 0.15) is 10.6 Å². The van der Waals surface area contributed by atoms with Gasteiger partial charge in [0.25, 0.3) is 15.5 Å². The first-order valence-corrected chi connectivity index (χ1v) is 6.80. The third-order valence-corrected chi connectivity index (χ3v) is 4.37. The summed E-state index contributed by atoms with van der Waals surface area (Å²) in [6, 6.07) is 0. The molecule has 0 amide bonds. The van der Waals surface area contributed by atoms with E-state index in [1.165, 1.54) is 0 Å². The largest absolute Gasteiger partial charge is 0.281 e. The van der Waals surface area contributed by atoms with Gasteiger partial charge < -0.3 is 0 Å². The highest BCUT2D eigenvalue weighted by atomic mass is 79.9. The standard InChI is InChI=1S/C6H2BrCl2F2NO2S/c7-3-2(8)1-12-4(6(10)11)5(3)15(9,13)14/h1,6H. The van der Waals surface area contributed by atoms with Crippen LogP contribution in [0.1, 0.15) is 12.1 Å². The molecular formula is C6H2BrCl2F2NO2S. The maximum absolute atomic E-state index is 12.4. The summed E-state index contributed by atoms with van der Waals surface area (Å²) in [5, 5.41) is -0.112. The molecule has 0 unspecified atom stereocenters. The number of halogens is 5. The number of aromatic nitrogens is 1. The molecule has 0 N–H and O–H groups in total. The van der Waals surface area contributed by atoms with Gasteiger partial charge in [0.2, 0.25) is 0 Å². The zero-order valence-electron chi connectivity index (χ0n) is 6.72. The molecule has 1 rings (SSSR count). The zero-order valence-corrected chi connectivity index (χ0v) is 10.6. The fourth-order valence-electron chi connectivity index (χ4n) is 0.850. The molecule has 0 saturated heterocycles. The van der Waals surface area contributed by atoms with E-state index in [0.29, 0.717) is 0 Å². The first-order chi connectivity index (χ1) is 6.75. The van der Waals surface area contributed by atoms with Crippen LogP contribution in [-0.2, 0) is 9.05 Å². The van der Waals surface area contributed by atoms with Crippen LogP contribution in [0.2, 0.25) is 5.02 Å². The normalized spacial score (nSPS) is 12.1. The van der Waals surface area contributed by atoms with Crippen LogP contribution >= 0.6 is 38.2 Å². The average Bonchev–Trinajstić information content (AvgIpc) is 2.06. The molecule has 0 aromatic carbocycles. The second-order valence-electron chi connectivity index (χ2n) is 2.37. The van der Waals surface area contributed by atoms with E-state index in [0.717, 1.165) is 6.20 Å². The fraction of sp³-hybridized carbons (Fsp3) is 0.167. The molecule has 0 radical (unpaired) electrons. The molecule has 15 heavy (non-hydrogen) atoms. The van der Waals surface area contributed by atoms with E-state index < -0.39 is 26.1 Å². The Hall–Kier alpha value is 0.0200. The number of nitrogens with zero attached hydrogens (tertiary/aromatic N) is 1. The summed E-state index contributed by atoms with van der Waals surface area (Å²) in [6.07, 6.45) is -2.14. The molecule has 0 aliphatic rings. The second kappa shape index (κ2) is 4.48. The lowest BCUT2D eigenvalue weighted by atomic mass is 10.3. The van der Waals surface area contributed by atoms with E-state index >= 15 is 0 Å². The van der Waals surface area contributed by atoms with Crippen molar-refractivity contribution in [3.8, 4) is 0 Å². The molecule has 0 aliphatic carbocycles. The van der Waals surface area contributed by atoms with Crippen LogP contribution < -0.4 is 0 Å². The predicted octanol–water partition coefficient (Wildman–Crippen LogP) is 3.36. The van der Waals surface area contributed by atoms with E-state index in [1.54, 1.807) is 0 Å². The summed E-state index contributed by atoms with van der Waals surface area (Å²) in [5.74, 6) is 0. The second-order valence-corrected chi connectivity index (χ2v) is 6.08. The third-order valence-electron chi connectivity index (χ3n) is 1.41. The molecule has 0 saturated carbocycles. The fourth-order valence-corrected chi connectivity index (χ4v) is 3.46. The van der Waals surface area contributed by atoms with Crippen molar-refractivity contribution in [3.63, 3.8) is 0 Å². The van der Waals surface area contributed by atoms with Gasteiger partial charge in [-0.1, -0.05) is 11.6 Å². The van der Waals surface area contributed by atoms with E-state index in [1.807, 2.05) is 0 Å². The molecule has 0 atom stereocenters. The van der Waals surface area contributed by atoms with Crippen LogP contribution in [0.15, 0.2) is 15.6 Å². The Morgan fingerprint density at radius 1 is 1.47 bits per heavy atom. The molecule has 9 heteroatoms. The van der Waals surface area contributed by atoms with E-state index in [-0.39, 0.29) is 9.50 Å². The SMILES string of the molecule is O=S(=O)(Cl)c1c(C(F)F)ncc(Cl)c1Br. The van der Waals surface area contributed by atoms with Gasteiger partial charge in [0.15, 0.2) is 0 Å². The van der Waals surface area contributed by atoms with Crippen molar-refractivity contribution < 1.29 is 17.2 Å². The van der Waals surface area contributed by atoms with Gasteiger partial charge in [-0.05, 0) is 15.9 Å². The smallest absolute Gasteiger partial charge is 0.252 e. The summed E-state index contributed by atoms with van der Waals surface area (Å²) in [7, 11) is 0.662. The van der Waals surface area contributed by atoms with Crippen molar-refractivity contribution in [2.45, 2.75) is 11.3 Å². The van der Waals surface area contributed by atoms with Crippen LogP contribution in [0.5, 0.6) is 0 Å². The first kappa shape index (κ1) is 13.1. The monoisotopic (exact) mass is 339 g/mol. The van der Waals surface area contributed by atoms with Crippen molar-refractivity contribution >= 4 is 47.3 Å². The zero-order chi connectivity index (χ0) is 11.8. The number of hydrogen-bond acceptors (Lipinski definition) is 3. The Balaban J connectivity index is 3.65. The Morgan fingerprint density at radius 3 is 2.40 bits per heavy atom. The van der Waals surface area contributed by atoms with Gasteiger partial charge in [-0.2, -0.15) is 0 Å². The van der Waals surface area contributed by atoms with E-state index in [2.05, 4.69) is 20.9 Å². The Morgan fingerprint density at radius 2 is 2.00 bits per heavy atom. The quantitative estimate of drug-likeness (QED) is 0.775. The molecular weight excluding hydrogens is 339 g/mol. The number of alkyl halides is 2. The minimum Gasteiger partial charge on any atom is -0.252 e. The highest BCUT2D eigenvalue weighted by Crippen LogP contribution is 2.36. The molecule has 1 aromatic heterocycles. The Bertz CT molecular complexity index is 494. The summed E-state index contributed by atoms with van der Waals surface area (Å²) >= 11 is 8.29. The summed E-state index contributed by atoms with van der Waals surface area (Å²) < 4.78 is 46.7. The lowest BCUT2D eigenvalue weighted by molar-refractivity contribution is 0.142. The maximum atomic E-state index is 12.4. The van der Waals surface area contributed by atoms with Crippen molar-refractivity contribution in [2.24, 2.45) is 0 Å². The van der Waals surface area contributed by atoms with Crippen LogP contribution in [0.25, 0.3) is 0 Å². The average molecular weight is 341 g/mol. The molecule has 0 aliphatic heterocycles. The lowest BCUT2D eigenvalue weighted by Gasteiger charge is -2.07. The van der Waals surface area contributed by atoms with Crippen molar-refractivity contribution in [1.29, 1.82) is 0 Å². The van der Waals surface area contributed by atoms with Crippen molar-refractivity contribution in [1.82, 2.24) is 4.98 Å². The molecule has 0 bridgehead atoms. The minimum absolute atomic E-state index is 0.112. The molecule has 1 aromatic rings. The van der Waals surface area contributed by atoms with Gasteiger partial charge >= 0.3 is 0 Å². The van der Waals surface area contributed by atoms with E-state index in [9.17, 15) is 17.2 Å². The van der Waals surface area contributed by atoms with Crippen LogP contribution in [0, 0.1) is 0 Å². The van der Waals surface area contributed by atoms with Crippen LogP contribution in [0.3, 0.4) is 0 Å². The lowest BCUT2D eigenvalue weighted by Crippen LogP contribution is -2.03. The van der Waals surface area contributed by atoms with Crippen LogP contribution in [0.4, 0.5) is 8.78 Å². The molecule has 0 spiro atoms. The Labute approximate surface area is 102 Å². The molecule has 84 valence electrons. The first-order valence-electron chi connectivity index (χ1n) is 3.32. The van der Waals surface area contributed by atoms with Crippen LogP contribution in [-0.4, -0.2) is 13.4 Å².